The van der Waals surface area contributed by atoms with Crippen molar-refractivity contribution in [3.63, 3.8) is 0 Å². The minimum absolute atomic E-state index is 0.00569. The molecule has 0 aliphatic carbocycles. The summed E-state index contributed by atoms with van der Waals surface area (Å²) < 4.78 is 0. The summed E-state index contributed by atoms with van der Waals surface area (Å²) in [7, 11) is 1.75. The summed E-state index contributed by atoms with van der Waals surface area (Å²) in [6, 6.07) is 21.8. The molecule has 0 aliphatic rings. The second-order valence-corrected chi connectivity index (χ2v) is 7.85. The van der Waals surface area contributed by atoms with Gasteiger partial charge in [0.15, 0.2) is 5.11 Å². The summed E-state index contributed by atoms with van der Waals surface area (Å²) in [5.74, 6) is -0.00569. The Hall–Kier alpha value is -6.08. The van der Waals surface area contributed by atoms with Crippen molar-refractivity contribution < 1.29 is 4.79 Å². The maximum absolute atomic E-state index is 11.4. The van der Waals surface area contributed by atoms with Gasteiger partial charge in [0.05, 0.1) is 0 Å². The number of benzene rings is 3. The Bertz CT molecular complexity index is 1720. The summed E-state index contributed by atoms with van der Waals surface area (Å²) in [5.41, 5.74) is 31.6. The second-order valence-electron chi connectivity index (χ2n) is 7.44. The Balaban J connectivity index is 0.000000433. The third-order valence-corrected chi connectivity index (χ3v) is 4.96. The van der Waals surface area contributed by atoms with Crippen LogP contribution in [-0.4, -0.2) is 18.1 Å². The first kappa shape index (κ1) is 32.9. The zero-order chi connectivity index (χ0) is 30.3. The van der Waals surface area contributed by atoms with Crippen molar-refractivity contribution in [2.24, 2.45) is 0 Å². The van der Waals surface area contributed by atoms with Crippen LogP contribution in [-0.2, 0) is 4.79 Å². The fourth-order valence-corrected chi connectivity index (χ4v) is 3.10. The molecule has 0 saturated carbocycles. The molecular formula is C36H27N3OS. The molecule has 0 bridgehead atoms. The van der Waals surface area contributed by atoms with E-state index >= 15 is 0 Å². The number of rotatable bonds is 3. The van der Waals surface area contributed by atoms with E-state index in [0.29, 0.717) is 5.11 Å². The monoisotopic (exact) mass is 549 g/mol. The molecule has 0 fully saturated rings. The van der Waals surface area contributed by atoms with Crippen molar-refractivity contribution in [2.45, 2.75) is 6.92 Å². The highest BCUT2D eigenvalue weighted by Gasteiger charge is 2.06. The smallest absolute Gasteiger partial charge is 0.223 e. The summed E-state index contributed by atoms with van der Waals surface area (Å²) in [5, 5.41) is 9.21. The normalized spacial score (nSPS) is 7.66. The van der Waals surface area contributed by atoms with E-state index in [0.717, 1.165) is 27.8 Å². The third kappa shape index (κ3) is 13.3. The van der Waals surface area contributed by atoms with E-state index in [1.807, 2.05) is 48.5 Å². The SMILES string of the molecule is C=C=C=C=C=C=C=C.C=C=C=C=C=C=C=C.CC(=O)N(C)c1ccc(NC(=S)Nc2cccc3ccccc23)cc1. The number of amides is 1. The number of fused-ring (bicyclic) bond motifs is 1. The van der Waals surface area contributed by atoms with Gasteiger partial charge in [-0.1, -0.05) is 59.3 Å². The van der Waals surface area contributed by atoms with Crippen molar-refractivity contribution >= 4 is 51.1 Å². The van der Waals surface area contributed by atoms with E-state index in [1.54, 1.807) is 11.9 Å². The molecule has 3 rings (SSSR count). The molecular weight excluding hydrogens is 522 g/mol. The second kappa shape index (κ2) is 20.0. The van der Waals surface area contributed by atoms with Crippen LogP contribution in [0.5, 0.6) is 0 Å². The molecule has 4 nitrogen and oxygen atoms in total. The largest absolute Gasteiger partial charge is 0.332 e. The lowest BCUT2D eigenvalue weighted by Crippen LogP contribution is -2.23. The molecule has 0 aliphatic heterocycles. The fourth-order valence-electron chi connectivity index (χ4n) is 2.87. The molecule has 0 radical (unpaired) electrons. The third-order valence-electron chi connectivity index (χ3n) is 4.75. The Kier molecular flexibility index (Phi) is 16.0. The minimum Gasteiger partial charge on any atom is -0.332 e. The van der Waals surface area contributed by atoms with Crippen molar-refractivity contribution in [1.29, 1.82) is 0 Å². The molecule has 3 aromatic rings. The van der Waals surface area contributed by atoms with Gasteiger partial charge < -0.3 is 15.5 Å². The number of carbonyl (C=O) groups is 1. The van der Waals surface area contributed by atoms with E-state index in [1.165, 1.54) is 6.92 Å². The van der Waals surface area contributed by atoms with Gasteiger partial charge in [0.2, 0.25) is 5.91 Å². The van der Waals surface area contributed by atoms with E-state index in [-0.39, 0.29) is 5.91 Å². The number of nitrogens with one attached hydrogen (secondary N) is 2. The van der Waals surface area contributed by atoms with Crippen LogP contribution in [0.2, 0.25) is 0 Å². The molecule has 3 aromatic carbocycles. The van der Waals surface area contributed by atoms with Gasteiger partial charge in [-0.3, -0.25) is 4.79 Å². The molecule has 0 saturated heterocycles. The zero-order valence-electron chi connectivity index (χ0n) is 22.9. The molecule has 2 N–H and O–H groups in total. The average Bonchev–Trinajstić information content (AvgIpc) is 2.98. The molecule has 0 heterocycles. The Labute approximate surface area is 246 Å². The van der Waals surface area contributed by atoms with Crippen molar-refractivity contribution in [1.82, 2.24) is 0 Å². The van der Waals surface area contributed by atoms with Crippen molar-refractivity contribution in [2.75, 3.05) is 22.6 Å². The van der Waals surface area contributed by atoms with Crippen molar-refractivity contribution in [3.8, 4) is 0 Å². The maximum Gasteiger partial charge on any atom is 0.223 e. The predicted molar refractivity (Wildman–Crippen MR) is 174 cm³/mol. The molecule has 198 valence electrons. The lowest BCUT2D eigenvalue weighted by atomic mass is 10.1. The van der Waals surface area contributed by atoms with Crippen LogP contribution in [0, 0.1) is 0 Å². The Morgan fingerprint density at radius 1 is 0.683 bits per heavy atom. The number of anilines is 3. The van der Waals surface area contributed by atoms with Crippen LogP contribution in [0.25, 0.3) is 10.8 Å². The highest BCUT2D eigenvalue weighted by Crippen LogP contribution is 2.23. The number of thiocarbonyl (C=S) groups is 1. The first-order valence-electron chi connectivity index (χ1n) is 11.9. The molecule has 0 aromatic heterocycles. The molecule has 1 amide bonds. The average molecular weight is 550 g/mol. The lowest BCUT2D eigenvalue weighted by molar-refractivity contribution is -0.116. The number of hydrogen-bond donors (Lipinski definition) is 2. The highest BCUT2D eigenvalue weighted by molar-refractivity contribution is 7.80. The van der Waals surface area contributed by atoms with E-state index < -0.39 is 0 Å². The molecule has 41 heavy (non-hydrogen) atoms. The standard InChI is InChI=1S/C20H19N3OS.2C8H4/c1-14(24)23(2)17-12-10-16(11-13-17)21-20(25)22-19-9-5-7-15-6-3-4-8-18(15)19;2*1-3-5-7-8-6-4-2/h3-13H,1-2H3,(H2,21,22,25);2*1-2H2. The molecule has 0 spiro atoms. The zero-order valence-corrected chi connectivity index (χ0v) is 23.8. The van der Waals surface area contributed by atoms with Gasteiger partial charge in [0.1, 0.15) is 0 Å². The van der Waals surface area contributed by atoms with Crippen LogP contribution < -0.4 is 15.5 Å². The van der Waals surface area contributed by atoms with Gasteiger partial charge in [-0.15, -0.1) is 0 Å². The summed E-state index contributed by atoms with van der Waals surface area (Å²) in [6.07, 6.45) is 0. The van der Waals surface area contributed by atoms with Gasteiger partial charge in [0, 0.05) is 36.4 Å². The van der Waals surface area contributed by atoms with Crippen LogP contribution in [0.3, 0.4) is 0 Å². The van der Waals surface area contributed by atoms with Gasteiger partial charge in [-0.05, 0) is 120 Å². The van der Waals surface area contributed by atoms with Crippen LogP contribution in [0.15, 0.2) is 162 Å². The number of carbonyl (C=O) groups excluding carboxylic acids is 1. The topological polar surface area (TPSA) is 44.4 Å². The Morgan fingerprint density at radius 3 is 1.66 bits per heavy atom. The summed E-state index contributed by atoms with van der Waals surface area (Å²) in [4.78, 5) is 13.0. The molecule has 0 unspecified atom stereocenters. The first-order valence-corrected chi connectivity index (χ1v) is 12.3. The molecule has 0 atom stereocenters. The first-order chi connectivity index (χ1) is 19.9. The summed E-state index contributed by atoms with van der Waals surface area (Å²) >= 11 is 5.42. The predicted octanol–water partition coefficient (Wildman–Crippen LogP) is 8.10. The van der Waals surface area contributed by atoms with Crippen LogP contribution in [0.4, 0.5) is 17.1 Å². The highest BCUT2D eigenvalue weighted by atomic mass is 32.1. The van der Waals surface area contributed by atoms with Crippen molar-refractivity contribution in [3.05, 3.63) is 162 Å². The lowest BCUT2D eigenvalue weighted by Gasteiger charge is -2.16. The van der Waals surface area contributed by atoms with Gasteiger partial charge >= 0.3 is 0 Å². The van der Waals surface area contributed by atoms with Gasteiger partial charge in [-0.2, -0.15) is 0 Å². The van der Waals surface area contributed by atoms with Crippen LogP contribution in [0.1, 0.15) is 6.92 Å². The fraction of sp³-hybridized carbons (Fsp3) is 0.0556. The van der Waals surface area contributed by atoms with Gasteiger partial charge in [0.25, 0.3) is 0 Å². The summed E-state index contributed by atoms with van der Waals surface area (Å²) in [6.45, 7) is 14.6. The van der Waals surface area contributed by atoms with E-state index in [9.17, 15) is 4.79 Å². The van der Waals surface area contributed by atoms with Crippen LogP contribution >= 0.6 is 12.2 Å². The number of hydrogen-bond acceptors (Lipinski definition) is 2. The van der Waals surface area contributed by atoms with E-state index in [2.05, 4.69) is 124 Å². The quantitative estimate of drug-likeness (QED) is 0.256. The maximum atomic E-state index is 11.4. The van der Waals surface area contributed by atoms with Gasteiger partial charge in [-0.25, -0.2) is 0 Å². The number of nitrogens with zero attached hydrogens (tertiary/aromatic N) is 1. The van der Waals surface area contributed by atoms with E-state index in [4.69, 9.17) is 12.2 Å². The minimum atomic E-state index is -0.00569. The molecule has 5 heteroatoms. The Morgan fingerprint density at radius 2 is 1.17 bits per heavy atom.